The van der Waals surface area contributed by atoms with E-state index in [1.165, 1.54) is 0 Å². The molecule has 0 aliphatic carbocycles. The van der Waals surface area contributed by atoms with Gasteiger partial charge in [-0.15, -0.1) is 0 Å². The number of halogens is 2. The Labute approximate surface area is 149 Å². The van der Waals surface area contributed by atoms with Gasteiger partial charge in [0, 0.05) is 35.3 Å². The highest BCUT2D eigenvalue weighted by Crippen LogP contribution is 2.28. The van der Waals surface area contributed by atoms with Crippen LogP contribution in [-0.2, 0) is 0 Å². The van der Waals surface area contributed by atoms with Gasteiger partial charge in [0.05, 0.1) is 12.2 Å². The molecule has 24 heavy (non-hydrogen) atoms. The van der Waals surface area contributed by atoms with E-state index >= 15 is 0 Å². The van der Waals surface area contributed by atoms with Crippen LogP contribution >= 0.6 is 23.2 Å². The number of aryl methyl sites for hydroxylation is 1. The van der Waals surface area contributed by atoms with Crippen molar-refractivity contribution in [2.45, 2.75) is 6.92 Å². The lowest BCUT2D eigenvalue weighted by molar-refractivity contribution is 0.904. The van der Waals surface area contributed by atoms with Crippen LogP contribution in [-0.4, -0.2) is 39.7 Å². The van der Waals surface area contributed by atoms with Gasteiger partial charge in [-0.2, -0.15) is 0 Å². The van der Waals surface area contributed by atoms with Crippen LogP contribution in [0, 0.1) is 6.92 Å². The van der Waals surface area contributed by atoms with Crippen LogP contribution in [0.2, 0.25) is 10.3 Å². The zero-order valence-electron chi connectivity index (χ0n) is 12.9. The summed E-state index contributed by atoms with van der Waals surface area (Å²) < 4.78 is 0. The minimum atomic E-state index is 0.269. The Morgan fingerprint density at radius 3 is 2.67 bits per heavy atom. The molecule has 1 saturated heterocycles. The highest BCUT2D eigenvalue weighted by molar-refractivity contribution is 6.31. The number of anilines is 2. The molecule has 0 atom stereocenters. The predicted molar refractivity (Wildman–Crippen MR) is 95.9 cm³/mol. The largest absolute Gasteiger partial charge is 0.337 e. The van der Waals surface area contributed by atoms with Crippen LogP contribution in [0.25, 0.3) is 10.9 Å². The number of fused-ring (bicyclic) bond motifs is 1. The Balaban J connectivity index is 1.65. The van der Waals surface area contributed by atoms with Crippen molar-refractivity contribution in [2.24, 2.45) is 0 Å². The van der Waals surface area contributed by atoms with Crippen molar-refractivity contribution in [3.63, 3.8) is 0 Å². The number of nitrogens with zero attached hydrogens (tertiary/aromatic N) is 6. The van der Waals surface area contributed by atoms with E-state index in [2.05, 4.69) is 29.7 Å². The third-order valence-electron chi connectivity index (χ3n) is 4.00. The molecule has 0 bridgehead atoms. The lowest BCUT2D eigenvalue weighted by Crippen LogP contribution is -2.26. The van der Waals surface area contributed by atoms with E-state index < -0.39 is 0 Å². The highest BCUT2D eigenvalue weighted by Gasteiger charge is 2.24. The second kappa shape index (κ2) is 6.03. The van der Waals surface area contributed by atoms with Crippen LogP contribution in [0.15, 0.2) is 30.6 Å². The second-order valence-electron chi connectivity index (χ2n) is 5.66. The molecule has 0 saturated carbocycles. The molecule has 3 heterocycles. The lowest BCUT2D eigenvalue weighted by Gasteiger charge is -2.21. The minimum Gasteiger partial charge on any atom is -0.337 e. The Kier molecular flexibility index (Phi) is 3.86. The maximum Gasteiger partial charge on any atom is 0.224 e. The van der Waals surface area contributed by atoms with Crippen LogP contribution in [0.3, 0.4) is 0 Å². The van der Waals surface area contributed by atoms with Gasteiger partial charge in [-0.25, -0.2) is 19.9 Å². The fraction of sp³-hybridized carbons (Fsp3) is 0.250. The first-order chi connectivity index (χ1) is 11.6. The second-order valence-corrected chi connectivity index (χ2v) is 6.44. The molecule has 122 valence electrons. The summed E-state index contributed by atoms with van der Waals surface area (Å²) in [4.78, 5) is 21.6. The quantitative estimate of drug-likeness (QED) is 0.653. The van der Waals surface area contributed by atoms with Crippen LogP contribution in [0.4, 0.5) is 11.6 Å². The molecule has 1 aliphatic heterocycles. The molecule has 6 nitrogen and oxygen atoms in total. The molecule has 1 aromatic carbocycles. The van der Waals surface area contributed by atoms with E-state index in [9.17, 15) is 0 Å². The molecule has 4 rings (SSSR count). The molecule has 0 radical (unpaired) electrons. The standard InChI is InChI=1S/C16H14Cl2N6/c1-10-6-14(22-16(18)21-10)23-4-5-24(9-23)15-12-3-2-11(17)7-13(12)19-8-20-15/h2-3,6-8H,4-5,9H2,1H3. The van der Waals surface area contributed by atoms with Gasteiger partial charge in [0.25, 0.3) is 0 Å². The van der Waals surface area contributed by atoms with E-state index in [1.54, 1.807) is 6.33 Å². The number of aromatic nitrogens is 4. The van der Waals surface area contributed by atoms with E-state index in [0.29, 0.717) is 11.7 Å². The molecule has 0 unspecified atom stereocenters. The average molecular weight is 361 g/mol. The first-order valence-electron chi connectivity index (χ1n) is 7.51. The fourth-order valence-electron chi connectivity index (χ4n) is 2.90. The molecule has 1 fully saturated rings. The van der Waals surface area contributed by atoms with Crippen LogP contribution in [0.1, 0.15) is 5.69 Å². The fourth-order valence-corrected chi connectivity index (χ4v) is 3.28. The third-order valence-corrected chi connectivity index (χ3v) is 4.40. The summed E-state index contributed by atoms with van der Waals surface area (Å²) in [5.74, 6) is 1.73. The van der Waals surface area contributed by atoms with Gasteiger partial charge in [0.2, 0.25) is 5.28 Å². The Hall–Kier alpha value is -2.18. The van der Waals surface area contributed by atoms with Gasteiger partial charge < -0.3 is 9.80 Å². The normalized spacial score (nSPS) is 14.6. The maximum absolute atomic E-state index is 6.05. The highest BCUT2D eigenvalue weighted by atomic mass is 35.5. The smallest absolute Gasteiger partial charge is 0.224 e. The van der Waals surface area contributed by atoms with Gasteiger partial charge in [-0.3, -0.25) is 0 Å². The summed E-state index contributed by atoms with van der Waals surface area (Å²) >= 11 is 12.0. The summed E-state index contributed by atoms with van der Waals surface area (Å²) in [5.41, 5.74) is 1.69. The van der Waals surface area contributed by atoms with E-state index in [4.69, 9.17) is 23.2 Å². The van der Waals surface area contributed by atoms with Gasteiger partial charge in [-0.1, -0.05) is 11.6 Å². The summed E-state index contributed by atoms with van der Waals surface area (Å²) in [7, 11) is 0. The van der Waals surface area contributed by atoms with Gasteiger partial charge in [0.15, 0.2) is 0 Å². The molecule has 0 amide bonds. The molecule has 0 N–H and O–H groups in total. The topological polar surface area (TPSA) is 58.0 Å². The molecule has 1 aliphatic rings. The van der Waals surface area contributed by atoms with E-state index in [1.807, 2.05) is 31.2 Å². The van der Waals surface area contributed by atoms with Crippen molar-refractivity contribution < 1.29 is 0 Å². The predicted octanol–water partition coefficient (Wildman–Crippen LogP) is 3.32. The summed E-state index contributed by atoms with van der Waals surface area (Å²) in [6.07, 6.45) is 1.57. The van der Waals surface area contributed by atoms with Gasteiger partial charge in [-0.05, 0) is 36.7 Å². The zero-order valence-corrected chi connectivity index (χ0v) is 14.5. The van der Waals surface area contributed by atoms with Crippen molar-refractivity contribution in [2.75, 3.05) is 29.6 Å². The third kappa shape index (κ3) is 2.83. The summed E-state index contributed by atoms with van der Waals surface area (Å²) in [6.45, 7) is 4.27. The van der Waals surface area contributed by atoms with Crippen LogP contribution in [0.5, 0.6) is 0 Å². The number of benzene rings is 1. The maximum atomic E-state index is 6.05. The minimum absolute atomic E-state index is 0.269. The SMILES string of the molecule is Cc1cc(N2CCN(c3ncnc4cc(Cl)ccc34)C2)nc(Cl)n1. The Morgan fingerprint density at radius 2 is 1.83 bits per heavy atom. The van der Waals surface area contributed by atoms with Crippen molar-refractivity contribution in [1.82, 2.24) is 19.9 Å². The van der Waals surface area contributed by atoms with Gasteiger partial charge in [0.1, 0.15) is 18.0 Å². The molecule has 8 heteroatoms. The average Bonchev–Trinajstić information content (AvgIpc) is 3.03. The zero-order chi connectivity index (χ0) is 16.7. The van der Waals surface area contributed by atoms with Gasteiger partial charge >= 0.3 is 0 Å². The van der Waals surface area contributed by atoms with E-state index in [-0.39, 0.29) is 5.28 Å². The van der Waals surface area contributed by atoms with Crippen molar-refractivity contribution in [3.05, 3.63) is 46.6 Å². The van der Waals surface area contributed by atoms with Crippen molar-refractivity contribution in [1.29, 1.82) is 0 Å². The van der Waals surface area contributed by atoms with Crippen molar-refractivity contribution >= 4 is 45.7 Å². The molecule has 3 aromatic rings. The number of hydrogen-bond acceptors (Lipinski definition) is 6. The molecule has 0 spiro atoms. The van der Waals surface area contributed by atoms with Crippen molar-refractivity contribution in [3.8, 4) is 0 Å². The van der Waals surface area contributed by atoms with E-state index in [0.717, 1.165) is 41.3 Å². The number of hydrogen-bond donors (Lipinski definition) is 0. The summed E-state index contributed by atoms with van der Waals surface area (Å²) in [6, 6.07) is 7.61. The van der Waals surface area contributed by atoms with Crippen LogP contribution < -0.4 is 9.80 Å². The molecular weight excluding hydrogens is 347 g/mol. The first kappa shape index (κ1) is 15.4. The lowest BCUT2D eigenvalue weighted by atomic mass is 10.2. The number of rotatable bonds is 2. The molecule has 2 aromatic heterocycles. The monoisotopic (exact) mass is 360 g/mol. The Morgan fingerprint density at radius 1 is 1.00 bits per heavy atom. The molecular formula is C16H14Cl2N6. The summed E-state index contributed by atoms with van der Waals surface area (Å²) in [5, 5.41) is 1.92. The Bertz CT molecular complexity index is 896. The first-order valence-corrected chi connectivity index (χ1v) is 8.27.